The van der Waals surface area contributed by atoms with E-state index in [0.29, 0.717) is 48.8 Å². The second-order valence-corrected chi connectivity index (χ2v) is 9.15. The molecule has 9 nitrogen and oxygen atoms in total. The van der Waals surface area contributed by atoms with E-state index in [9.17, 15) is 19.1 Å². The number of Topliss-reactive ketones (excluding diaryl/α,β-unsaturated/α-hetero) is 1. The molecule has 10 heteroatoms. The van der Waals surface area contributed by atoms with Crippen molar-refractivity contribution in [3.63, 3.8) is 0 Å². The van der Waals surface area contributed by atoms with E-state index < -0.39 is 17.5 Å². The van der Waals surface area contributed by atoms with Gasteiger partial charge in [-0.3, -0.25) is 14.6 Å². The molecule has 0 aliphatic carbocycles. The Balaban J connectivity index is 1.13. The zero-order valence-corrected chi connectivity index (χ0v) is 19.6. The first-order valence-corrected chi connectivity index (χ1v) is 11.9. The Hall–Kier alpha value is -3.92. The van der Waals surface area contributed by atoms with E-state index in [1.54, 1.807) is 42.7 Å². The maximum Gasteiger partial charge on any atom is 0.226 e. The molecule has 5 rings (SSSR count). The summed E-state index contributed by atoms with van der Waals surface area (Å²) in [7, 11) is 0. The average Bonchev–Trinajstić information content (AvgIpc) is 2.88. The zero-order chi connectivity index (χ0) is 25.1. The summed E-state index contributed by atoms with van der Waals surface area (Å²) in [6, 6.07) is 11.5. The molecule has 1 spiro atoms. The van der Waals surface area contributed by atoms with Gasteiger partial charge in [0.05, 0.1) is 30.2 Å². The van der Waals surface area contributed by atoms with Crippen LogP contribution in [0.5, 0.6) is 5.75 Å². The van der Waals surface area contributed by atoms with Crippen molar-refractivity contribution >= 4 is 17.5 Å². The van der Waals surface area contributed by atoms with Crippen LogP contribution in [0, 0.1) is 5.82 Å². The van der Waals surface area contributed by atoms with Crippen molar-refractivity contribution in [1.29, 1.82) is 0 Å². The van der Waals surface area contributed by atoms with Crippen molar-refractivity contribution in [1.82, 2.24) is 20.5 Å². The van der Waals surface area contributed by atoms with Gasteiger partial charge in [-0.2, -0.15) is 5.10 Å². The number of halogens is 1. The number of benzene rings is 1. The number of carbonyl (C=O) groups is 2. The Morgan fingerprint density at radius 3 is 2.72 bits per heavy atom. The topological polar surface area (TPSA) is 118 Å². The normalized spacial score (nSPS) is 17.3. The van der Waals surface area contributed by atoms with E-state index in [1.165, 1.54) is 6.07 Å². The van der Waals surface area contributed by atoms with Crippen LogP contribution in [0.1, 0.15) is 47.0 Å². The van der Waals surface area contributed by atoms with Crippen LogP contribution in [-0.2, 0) is 11.2 Å². The van der Waals surface area contributed by atoms with Crippen LogP contribution in [0.4, 0.5) is 10.2 Å². The minimum absolute atomic E-state index is 0.0437. The van der Waals surface area contributed by atoms with Gasteiger partial charge in [-0.05, 0) is 30.3 Å². The summed E-state index contributed by atoms with van der Waals surface area (Å²) in [5.74, 6) is -0.0444. The number of piperidine rings is 1. The number of nitrogens with zero attached hydrogens (tertiary/aromatic N) is 4. The largest absolute Gasteiger partial charge is 0.486 e. The average molecular weight is 492 g/mol. The van der Waals surface area contributed by atoms with Crippen LogP contribution in [0.15, 0.2) is 54.9 Å². The first-order chi connectivity index (χ1) is 17.4. The summed E-state index contributed by atoms with van der Waals surface area (Å²) in [5, 5.41) is 21.3. The number of aromatic nitrogens is 3. The van der Waals surface area contributed by atoms with Crippen molar-refractivity contribution in [3.05, 3.63) is 77.5 Å². The number of hydrogen-bond acceptors (Lipinski definition) is 8. The van der Waals surface area contributed by atoms with Gasteiger partial charge in [0.2, 0.25) is 5.91 Å². The van der Waals surface area contributed by atoms with E-state index in [0.717, 1.165) is 0 Å². The van der Waals surface area contributed by atoms with Gasteiger partial charge >= 0.3 is 0 Å². The van der Waals surface area contributed by atoms with Crippen LogP contribution in [0.3, 0.4) is 0 Å². The van der Waals surface area contributed by atoms with Gasteiger partial charge in [0.15, 0.2) is 11.6 Å². The molecule has 3 aromatic rings. The molecule has 0 radical (unpaired) electrons. The van der Waals surface area contributed by atoms with Crippen LogP contribution in [0.2, 0.25) is 0 Å². The molecule has 0 saturated carbocycles. The molecule has 1 unspecified atom stereocenters. The van der Waals surface area contributed by atoms with E-state index in [1.807, 2.05) is 6.07 Å². The molecular weight excluding hydrogens is 465 g/mol. The first-order valence-electron chi connectivity index (χ1n) is 11.9. The number of aliphatic hydroxyl groups is 1. The SMILES string of the molecule is O=C(Cc1ccc(N2CCC3(CC2)CC(=O)c2c(F)cccc2O3)nn1)NCC(O)c1cccnc1. The molecule has 1 amide bonds. The van der Waals surface area contributed by atoms with Gasteiger partial charge in [-0.25, -0.2) is 4.39 Å². The number of ether oxygens (including phenoxy) is 1. The summed E-state index contributed by atoms with van der Waals surface area (Å²) < 4.78 is 20.2. The quantitative estimate of drug-likeness (QED) is 0.540. The lowest BCUT2D eigenvalue weighted by Crippen LogP contribution is -2.51. The van der Waals surface area contributed by atoms with Crippen molar-refractivity contribution in [3.8, 4) is 5.75 Å². The van der Waals surface area contributed by atoms with Crippen LogP contribution in [-0.4, -0.2) is 57.2 Å². The molecule has 4 heterocycles. The summed E-state index contributed by atoms with van der Waals surface area (Å²) in [6.07, 6.45) is 3.73. The highest BCUT2D eigenvalue weighted by Crippen LogP contribution is 2.40. The van der Waals surface area contributed by atoms with Gasteiger partial charge in [-0.15, -0.1) is 5.10 Å². The highest BCUT2D eigenvalue weighted by atomic mass is 19.1. The van der Waals surface area contributed by atoms with Gasteiger partial charge in [0, 0.05) is 50.4 Å². The van der Waals surface area contributed by atoms with Crippen LogP contribution >= 0.6 is 0 Å². The Morgan fingerprint density at radius 2 is 2.00 bits per heavy atom. The molecule has 1 aromatic carbocycles. The second kappa shape index (κ2) is 9.98. The molecule has 2 aromatic heterocycles. The minimum atomic E-state index is -0.838. The first kappa shape index (κ1) is 23.8. The number of amides is 1. The molecule has 2 aliphatic rings. The summed E-state index contributed by atoms with van der Waals surface area (Å²) >= 11 is 0. The molecule has 2 aliphatic heterocycles. The highest BCUT2D eigenvalue weighted by molar-refractivity contribution is 6.00. The smallest absolute Gasteiger partial charge is 0.226 e. The van der Waals surface area contributed by atoms with Crippen molar-refractivity contribution in [2.24, 2.45) is 0 Å². The maximum atomic E-state index is 14.1. The molecule has 1 fully saturated rings. The Labute approximate surface area is 207 Å². The Morgan fingerprint density at radius 1 is 1.17 bits per heavy atom. The predicted molar refractivity (Wildman–Crippen MR) is 128 cm³/mol. The van der Waals surface area contributed by atoms with Gasteiger partial charge in [0.1, 0.15) is 17.2 Å². The number of hydrogen-bond donors (Lipinski definition) is 2. The molecule has 1 atom stereocenters. The van der Waals surface area contributed by atoms with Crippen molar-refractivity contribution < 1.29 is 23.8 Å². The van der Waals surface area contributed by atoms with Gasteiger partial charge in [-0.1, -0.05) is 12.1 Å². The standard InChI is InChI=1S/C26H26FN5O4/c27-19-4-1-5-22-25(19)20(33)14-26(36-22)8-11-32(12-9-26)23-7-6-18(30-31-23)13-24(35)29-16-21(34)17-3-2-10-28-15-17/h1-7,10,15,21,34H,8-9,11-14,16H2,(H,29,35). The molecule has 186 valence electrons. The predicted octanol–water partition coefficient (Wildman–Crippen LogP) is 2.41. The summed E-state index contributed by atoms with van der Waals surface area (Å²) in [6.45, 7) is 1.30. The maximum absolute atomic E-state index is 14.1. The molecule has 36 heavy (non-hydrogen) atoms. The van der Waals surface area contributed by atoms with E-state index in [4.69, 9.17) is 4.74 Å². The number of pyridine rings is 1. The number of carbonyl (C=O) groups excluding carboxylic acids is 2. The lowest BCUT2D eigenvalue weighted by atomic mass is 9.82. The van der Waals surface area contributed by atoms with E-state index >= 15 is 0 Å². The van der Waals surface area contributed by atoms with E-state index in [2.05, 4.69) is 25.4 Å². The van der Waals surface area contributed by atoms with Crippen LogP contribution < -0.4 is 15.0 Å². The van der Waals surface area contributed by atoms with Crippen molar-refractivity contribution in [2.75, 3.05) is 24.5 Å². The Kier molecular flexibility index (Phi) is 6.60. The van der Waals surface area contributed by atoms with Gasteiger partial charge in [0.25, 0.3) is 0 Å². The third kappa shape index (κ3) is 5.03. The number of ketones is 1. The lowest BCUT2D eigenvalue weighted by molar-refractivity contribution is -0.121. The second-order valence-electron chi connectivity index (χ2n) is 9.15. The number of rotatable bonds is 6. The summed E-state index contributed by atoms with van der Waals surface area (Å²) in [5.41, 5.74) is 0.549. The number of anilines is 1. The summed E-state index contributed by atoms with van der Waals surface area (Å²) in [4.78, 5) is 30.9. The third-order valence-electron chi connectivity index (χ3n) is 6.67. The molecule has 1 saturated heterocycles. The van der Waals surface area contributed by atoms with Crippen molar-refractivity contribution in [2.45, 2.75) is 37.4 Å². The molecular formula is C26H26FN5O4. The number of nitrogens with one attached hydrogen (secondary N) is 1. The number of aliphatic hydroxyl groups excluding tert-OH is 1. The highest BCUT2D eigenvalue weighted by Gasteiger charge is 2.44. The monoisotopic (exact) mass is 491 g/mol. The fourth-order valence-electron chi connectivity index (χ4n) is 4.68. The third-order valence-corrected chi connectivity index (χ3v) is 6.67. The van der Waals surface area contributed by atoms with Gasteiger partial charge < -0.3 is 20.1 Å². The number of fused-ring (bicyclic) bond motifs is 1. The zero-order valence-electron chi connectivity index (χ0n) is 19.6. The molecule has 2 N–H and O–H groups in total. The van der Waals surface area contributed by atoms with E-state index in [-0.39, 0.29) is 36.6 Å². The fraction of sp³-hybridized carbons (Fsp3) is 0.346. The fourth-order valence-corrected chi connectivity index (χ4v) is 4.68. The lowest BCUT2D eigenvalue weighted by Gasteiger charge is -2.44. The van der Waals surface area contributed by atoms with Crippen LogP contribution in [0.25, 0.3) is 0 Å². The Bertz CT molecular complexity index is 1250. The molecule has 0 bridgehead atoms. The minimum Gasteiger partial charge on any atom is -0.486 e.